The first-order chi connectivity index (χ1) is 8.13. The summed E-state index contributed by atoms with van der Waals surface area (Å²) < 4.78 is 5.07. The van der Waals surface area contributed by atoms with Crippen LogP contribution in [0.4, 0.5) is 4.79 Å². The maximum absolute atomic E-state index is 11.5. The molecule has 0 N–H and O–H groups in total. The monoisotopic (exact) mass is 258 g/mol. The summed E-state index contributed by atoms with van der Waals surface area (Å²) in [6.45, 7) is 8.45. The fraction of sp³-hybridized carbons (Fsp3) is 0.833. The third kappa shape index (κ3) is 5.44. The molecule has 5 heteroatoms. The molecule has 1 heterocycles. The molecule has 1 aliphatic rings. The molecular formula is C12H22N2O2S. The molecule has 0 radical (unpaired) electrons. The van der Waals surface area contributed by atoms with Crippen LogP contribution in [0.3, 0.4) is 0 Å². The summed E-state index contributed by atoms with van der Waals surface area (Å²) >= 11 is 1.95. The van der Waals surface area contributed by atoms with E-state index in [2.05, 4.69) is 9.89 Å². The molecule has 1 aliphatic heterocycles. The number of carbonyl (C=O) groups is 1. The van der Waals surface area contributed by atoms with Crippen molar-refractivity contribution in [1.29, 1.82) is 0 Å². The number of hydrogen-bond acceptors (Lipinski definition) is 3. The van der Waals surface area contributed by atoms with Crippen molar-refractivity contribution in [2.24, 2.45) is 10.9 Å². The Labute approximate surface area is 108 Å². The van der Waals surface area contributed by atoms with Gasteiger partial charge in [-0.25, -0.2) is 4.79 Å². The van der Waals surface area contributed by atoms with Gasteiger partial charge in [0, 0.05) is 31.0 Å². The second kappa shape index (κ2) is 7.58. The Morgan fingerprint density at radius 1 is 1.41 bits per heavy atom. The van der Waals surface area contributed by atoms with Gasteiger partial charge in [0.2, 0.25) is 0 Å². The third-order valence-corrected chi connectivity index (χ3v) is 3.40. The summed E-state index contributed by atoms with van der Waals surface area (Å²) in [6, 6.07) is 0. The second-order valence-corrected chi connectivity index (χ2v) is 5.68. The molecule has 4 nitrogen and oxygen atoms in total. The maximum Gasteiger partial charge on any atom is 0.435 e. The average Bonchev–Trinajstić information content (AvgIpc) is 2.34. The molecule has 0 aromatic carbocycles. The van der Waals surface area contributed by atoms with E-state index in [0.29, 0.717) is 12.5 Å². The molecule has 0 aliphatic carbocycles. The van der Waals surface area contributed by atoms with Crippen LogP contribution in [-0.2, 0) is 4.74 Å². The van der Waals surface area contributed by atoms with E-state index < -0.39 is 6.09 Å². The summed E-state index contributed by atoms with van der Waals surface area (Å²) in [5.74, 6) is 3.44. The fourth-order valence-corrected chi connectivity index (χ4v) is 2.47. The number of ether oxygens (including phenoxy) is 1. The third-order valence-electron chi connectivity index (χ3n) is 2.45. The van der Waals surface area contributed by atoms with Gasteiger partial charge < -0.3 is 9.64 Å². The minimum atomic E-state index is -0.450. The Morgan fingerprint density at radius 2 is 2.06 bits per heavy atom. The SMILES string of the molecule is CC/C(=N/C(=O)OCC(C)C)N1CCSCC1. The molecular weight excluding hydrogens is 236 g/mol. The van der Waals surface area contributed by atoms with Crippen LogP contribution in [0.2, 0.25) is 0 Å². The lowest BCUT2D eigenvalue weighted by molar-refractivity contribution is 0.143. The molecule has 0 unspecified atom stereocenters. The van der Waals surface area contributed by atoms with Crippen molar-refractivity contribution in [2.45, 2.75) is 27.2 Å². The first-order valence-electron chi connectivity index (χ1n) is 6.20. The van der Waals surface area contributed by atoms with Gasteiger partial charge in [-0.05, 0) is 5.92 Å². The largest absolute Gasteiger partial charge is 0.448 e. The topological polar surface area (TPSA) is 41.9 Å². The van der Waals surface area contributed by atoms with Crippen LogP contribution < -0.4 is 0 Å². The van der Waals surface area contributed by atoms with E-state index in [-0.39, 0.29) is 0 Å². The van der Waals surface area contributed by atoms with Crippen LogP contribution in [0.25, 0.3) is 0 Å². The van der Waals surface area contributed by atoms with Crippen molar-refractivity contribution in [3.8, 4) is 0 Å². The predicted molar refractivity (Wildman–Crippen MR) is 72.8 cm³/mol. The summed E-state index contributed by atoms with van der Waals surface area (Å²) in [6.07, 6.45) is 0.329. The lowest BCUT2D eigenvalue weighted by Crippen LogP contribution is -2.38. The maximum atomic E-state index is 11.5. The highest BCUT2D eigenvalue weighted by atomic mass is 32.2. The lowest BCUT2D eigenvalue weighted by Gasteiger charge is -2.28. The van der Waals surface area contributed by atoms with Gasteiger partial charge in [-0.2, -0.15) is 16.8 Å². The number of carbonyl (C=O) groups excluding carboxylic acids is 1. The Kier molecular flexibility index (Phi) is 6.40. The fourth-order valence-electron chi connectivity index (χ4n) is 1.57. The second-order valence-electron chi connectivity index (χ2n) is 4.45. The molecule has 0 saturated carbocycles. The van der Waals surface area contributed by atoms with E-state index in [9.17, 15) is 4.79 Å². The van der Waals surface area contributed by atoms with E-state index in [1.165, 1.54) is 0 Å². The van der Waals surface area contributed by atoms with E-state index in [4.69, 9.17) is 4.74 Å². The van der Waals surface area contributed by atoms with Crippen molar-refractivity contribution in [1.82, 2.24) is 4.90 Å². The van der Waals surface area contributed by atoms with Crippen LogP contribution in [0, 0.1) is 5.92 Å². The Hall–Kier alpha value is -0.710. The molecule has 1 saturated heterocycles. The Bertz CT molecular complexity index is 274. The molecule has 0 aromatic heterocycles. The zero-order valence-corrected chi connectivity index (χ0v) is 11.8. The van der Waals surface area contributed by atoms with Crippen LogP contribution in [-0.4, -0.2) is 48.0 Å². The highest BCUT2D eigenvalue weighted by Gasteiger charge is 2.15. The number of amidine groups is 1. The van der Waals surface area contributed by atoms with Crippen molar-refractivity contribution < 1.29 is 9.53 Å². The molecule has 1 fully saturated rings. The van der Waals surface area contributed by atoms with Gasteiger partial charge in [0.15, 0.2) is 0 Å². The van der Waals surface area contributed by atoms with Crippen molar-refractivity contribution in [3.05, 3.63) is 0 Å². The van der Waals surface area contributed by atoms with Gasteiger partial charge in [0.05, 0.1) is 6.61 Å². The Morgan fingerprint density at radius 3 is 2.59 bits per heavy atom. The van der Waals surface area contributed by atoms with Crippen LogP contribution in [0.15, 0.2) is 4.99 Å². The van der Waals surface area contributed by atoms with Crippen molar-refractivity contribution >= 4 is 23.7 Å². The minimum absolute atomic E-state index is 0.352. The molecule has 0 aromatic rings. The molecule has 17 heavy (non-hydrogen) atoms. The predicted octanol–water partition coefficient (Wildman–Crippen LogP) is 2.64. The molecule has 0 bridgehead atoms. The van der Waals surface area contributed by atoms with Crippen LogP contribution in [0.1, 0.15) is 27.2 Å². The van der Waals surface area contributed by atoms with E-state index in [0.717, 1.165) is 36.9 Å². The van der Waals surface area contributed by atoms with Crippen molar-refractivity contribution in [3.63, 3.8) is 0 Å². The van der Waals surface area contributed by atoms with Gasteiger partial charge in [-0.15, -0.1) is 0 Å². The van der Waals surface area contributed by atoms with Gasteiger partial charge >= 0.3 is 6.09 Å². The smallest absolute Gasteiger partial charge is 0.435 e. The van der Waals surface area contributed by atoms with Gasteiger partial charge in [-0.1, -0.05) is 20.8 Å². The summed E-state index contributed by atoms with van der Waals surface area (Å²) in [7, 11) is 0. The quantitative estimate of drug-likeness (QED) is 0.576. The number of rotatable bonds is 3. The number of nitrogens with zero attached hydrogens (tertiary/aromatic N) is 2. The van der Waals surface area contributed by atoms with E-state index in [1.807, 2.05) is 32.5 Å². The first kappa shape index (κ1) is 14.4. The molecule has 0 atom stereocenters. The number of hydrogen-bond donors (Lipinski definition) is 0. The highest BCUT2D eigenvalue weighted by Crippen LogP contribution is 2.11. The zero-order chi connectivity index (χ0) is 12.7. The normalized spacial score (nSPS) is 17.4. The average molecular weight is 258 g/mol. The Balaban J connectivity index is 2.49. The van der Waals surface area contributed by atoms with E-state index in [1.54, 1.807) is 0 Å². The first-order valence-corrected chi connectivity index (χ1v) is 7.36. The highest BCUT2D eigenvalue weighted by molar-refractivity contribution is 7.99. The minimum Gasteiger partial charge on any atom is -0.448 e. The summed E-state index contributed by atoms with van der Waals surface area (Å²) in [5, 5.41) is 0. The number of aliphatic imine (C=N–C) groups is 1. The molecule has 1 rings (SSSR count). The molecule has 0 spiro atoms. The van der Waals surface area contributed by atoms with Gasteiger partial charge in [-0.3, -0.25) is 0 Å². The van der Waals surface area contributed by atoms with Crippen LogP contribution in [0.5, 0.6) is 0 Å². The van der Waals surface area contributed by atoms with Gasteiger partial charge in [0.1, 0.15) is 5.84 Å². The molecule has 1 amide bonds. The summed E-state index contributed by atoms with van der Waals surface area (Å²) in [5.41, 5.74) is 0. The van der Waals surface area contributed by atoms with E-state index >= 15 is 0 Å². The zero-order valence-electron chi connectivity index (χ0n) is 10.9. The standard InChI is InChI=1S/C12H22N2O2S/c1-4-11(14-5-7-17-8-6-14)13-12(15)16-9-10(2)3/h10H,4-9H2,1-3H3/b13-11-. The van der Waals surface area contributed by atoms with Crippen molar-refractivity contribution in [2.75, 3.05) is 31.2 Å². The van der Waals surface area contributed by atoms with Gasteiger partial charge in [0.25, 0.3) is 0 Å². The lowest BCUT2D eigenvalue weighted by atomic mass is 10.2. The number of amides is 1. The number of thioether (sulfide) groups is 1. The molecule has 98 valence electrons. The summed E-state index contributed by atoms with van der Waals surface area (Å²) in [4.78, 5) is 17.8. The van der Waals surface area contributed by atoms with Crippen LogP contribution >= 0.6 is 11.8 Å².